The summed E-state index contributed by atoms with van der Waals surface area (Å²) in [5, 5.41) is 31.8. The molecule has 0 radical (unpaired) electrons. The van der Waals surface area contributed by atoms with Crippen molar-refractivity contribution in [3.8, 4) is 6.07 Å². The molecule has 160 valence electrons. The van der Waals surface area contributed by atoms with Gasteiger partial charge in [-0.25, -0.2) is 9.48 Å². The molecule has 2 N–H and O–H groups in total. The van der Waals surface area contributed by atoms with Crippen molar-refractivity contribution in [2.45, 2.75) is 16.3 Å². The van der Waals surface area contributed by atoms with Crippen molar-refractivity contribution in [2.24, 2.45) is 7.05 Å². The molecule has 2 atom stereocenters. The van der Waals surface area contributed by atoms with Crippen molar-refractivity contribution in [1.82, 2.24) is 30.4 Å². The number of β-lactam (4-membered cyclic amide) rings is 1. The molecule has 12 nitrogen and oxygen atoms in total. The minimum atomic E-state index is -1.64. The molecule has 1 aromatic heterocycles. The van der Waals surface area contributed by atoms with E-state index in [-0.39, 0.29) is 23.0 Å². The van der Waals surface area contributed by atoms with E-state index in [1.165, 1.54) is 35.3 Å². The molecule has 30 heavy (non-hydrogen) atoms. The van der Waals surface area contributed by atoms with E-state index in [0.29, 0.717) is 16.5 Å². The molecule has 1 saturated heterocycles. The highest BCUT2D eigenvalue weighted by atomic mass is 32.2. The van der Waals surface area contributed by atoms with Gasteiger partial charge in [0.25, 0.3) is 11.6 Å². The predicted octanol–water partition coefficient (Wildman–Crippen LogP) is -0.728. The molecule has 0 unspecified atom stereocenters. The number of nitriles is 1. The Labute approximate surface area is 183 Å². The van der Waals surface area contributed by atoms with E-state index < -0.39 is 28.9 Å². The van der Waals surface area contributed by atoms with Crippen LogP contribution < -0.4 is 5.32 Å². The van der Waals surface area contributed by atoms with Gasteiger partial charge >= 0.3 is 5.97 Å². The van der Waals surface area contributed by atoms with Crippen molar-refractivity contribution in [3.63, 3.8) is 0 Å². The van der Waals surface area contributed by atoms with E-state index in [4.69, 9.17) is 10.00 Å². The van der Waals surface area contributed by atoms with Gasteiger partial charge in [-0.3, -0.25) is 14.5 Å². The molecule has 0 aromatic carbocycles. The van der Waals surface area contributed by atoms with E-state index >= 15 is 0 Å². The van der Waals surface area contributed by atoms with Crippen LogP contribution in [0.15, 0.2) is 16.4 Å². The van der Waals surface area contributed by atoms with Gasteiger partial charge in [0.1, 0.15) is 11.1 Å². The van der Waals surface area contributed by atoms with Crippen LogP contribution in [0.2, 0.25) is 0 Å². The highest BCUT2D eigenvalue weighted by molar-refractivity contribution is 8.01. The summed E-state index contributed by atoms with van der Waals surface area (Å²) in [5.74, 6) is -1.61. The molecular weight excluding hydrogens is 454 g/mol. The Morgan fingerprint density at radius 3 is 2.90 bits per heavy atom. The molecule has 15 heteroatoms. The molecule has 2 aliphatic heterocycles. The predicted molar refractivity (Wildman–Crippen MR) is 108 cm³/mol. The van der Waals surface area contributed by atoms with Gasteiger partial charge in [0.15, 0.2) is 0 Å². The number of nitrogens with zero attached hydrogens (tertiary/aromatic N) is 6. The highest BCUT2D eigenvalue weighted by Crippen LogP contribution is 2.47. The first-order valence-electron chi connectivity index (χ1n) is 8.42. The van der Waals surface area contributed by atoms with Gasteiger partial charge in [-0.2, -0.15) is 5.26 Å². The first-order chi connectivity index (χ1) is 14.4. The summed E-state index contributed by atoms with van der Waals surface area (Å²) in [7, 11) is 2.96. The number of thioether (sulfide) groups is 3. The summed E-state index contributed by atoms with van der Waals surface area (Å²) in [6.07, 6.45) is 0. The zero-order valence-corrected chi connectivity index (χ0v) is 18.3. The van der Waals surface area contributed by atoms with Gasteiger partial charge in [0.2, 0.25) is 11.1 Å². The number of aromatic nitrogens is 4. The van der Waals surface area contributed by atoms with Crippen LogP contribution in [0, 0.1) is 11.3 Å². The summed E-state index contributed by atoms with van der Waals surface area (Å²) >= 11 is 3.67. The molecule has 0 saturated carbocycles. The minimum Gasteiger partial charge on any atom is -0.477 e. The Bertz CT molecular complexity index is 945. The maximum atomic E-state index is 12.9. The molecule has 1 aromatic rings. The van der Waals surface area contributed by atoms with Gasteiger partial charge in [-0.15, -0.1) is 28.6 Å². The standard InChI is InChI=1S/C15H17N7O5S3/c1-21-14(18-19-20-21)30-6-8-5-29-13-15(27-2,17-9(23)7-28-4-3-16)12(26)22(13)10(8)11(24)25/h13H,4-7H2,1-2H3,(H,17,23)(H,24,25)/t13-,15-/m1/s1. The summed E-state index contributed by atoms with van der Waals surface area (Å²) in [5.41, 5.74) is -1.21. The van der Waals surface area contributed by atoms with Crippen LogP contribution in [0.3, 0.4) is 0 Å². The molecule has 0 bridgehead atoms. The number of carbonyl (C=O) groups excluding carboxylic acids is 2. The van der Waals surface area contributed by atoms with E-state index in [0.717, 1.165) is 16.7 Å². The third kappa shape index (κ3) is 4.00. The maximum absolute atomic E-state index is 12.9. The summed E-state index contributed by atoms with van der Waals surface area (Å²) in [6.45, 7) is 0. The lowest BCUT2D eigenvalue weighted by molar-refractivity contribution is -0.192. The van der Waals surface area contributed by atoms with Crippen molar-refractivity contribution >= 4 is 53.1 Å². The number of aryl methyl sites for hydroxylation is 1. The topological polar surface area (TPSA) is 163 Å². The largest absolute Gasteiger partial charge is 0.477 e. The smallest absolute Gasteiger partial charge is 0.352 e. The van der Waals surface area contributed by atoms with Crippen LogP contribution in [0.5, 0.6) is 0 Å². The Hall–Kier alpha value is -2.28. The third-order valence-corrected chi connectivity index (χ3v) is 7.59. The van der Waals surface area contributed by atoms with E-state index in [9.17, 15) is 19.5 Å². The second kappa shape index (κ2) is 9.25. The number of methoxy groups -OCH3 is 1. The molecule has 2 aliphatic rings. The number of carboxylic acid groups (broad SMARTS) is 1. The number of carboxylic acids is 1. The quantitative estimate of drug-likeness (QED) is 0.201. The molecule has 0 aliphatic carbocycles. The summed E-state index contributed by atoms with van der Waals surface area (Å²) in [6, 6.07) is 1.92. The Kier molecular flexibility index (Phi) is 6.91. The number of nitrogens with one attached hydrogen (secondary N) is 1. The van der Waals surface area contributed by atoms with Gasteiger partial charge < -0.3 is 15.2 Å². The minimum absolute atomic E-state index is 0.0153. The van der Waals surface area contributed by atoms with E-state index in [2.05, 4.69) is 20.8 Å². The number of tetrazole rings is 1. The first-order valence-corrected chi connectivity index (χ1v) is 11.6. The monoisotopic (exact) mass is 471 g/mol. The number of amides is 2. The number of hydrogen-bond acceptors (Lipinski definition) is 11. The molecular formula is C15H17N7O5S3. The lowest BCUT2D eigenvalue weighted by Crippen LogP contribution is -2.80. The fourth-order valence-corrected chi connectivity index (χ4v) is 5.86. The van der Waals surface area contributed by atoms with Gasteiger partial charge in [-0.05, 0) is 16.0 Å². The molecule has 3 rings (SSSR count). The third-order valence-electron chi connectivity index (χ3n) is 4.32. The molecule has 2 amide bonds. The number of rotatable bonds is 9. The van der Waals surface area contributed by atoms with E-state index in [1.54, 1.807) is 7.05 Å². The number of aliphatic carboxylic acids is 1. The normalized spacial score (nSPS) is 22.9. The molecule has 1 fully saturated rings. The number of carbonyl (C=O) groups is 3. The van der Waals surface area contributed by atoms with Crippen molar-refractivity contribution < 1.29 is 24.2 Å². The first kappa shape index (κ1) is 22.4. The molecule has 3 heterocycles. The molecule has 0 spiro atoms. The van der Waals surface area contributed by atoms with Crippen LogP contribution in [0.25, 0.3) is 0 Å². The van der Waals surface area contributed by atoms with E-state index in [1.807, 2.05) is 6.07 Å². The Morgan fingerprint density at radius 2 is 2.30 bits per heavy atom. The Balaban J connectivity index is 1.78. The van der Waals surface area contributed by atoms with Crippen molar-refractivity contribution in [2.75, 3.05) is 30.1 Å². The number of ether oxygens (including phenoxy) is 1. The van der Waals surface area contributed by atoms with Gasteiger partial charge in [0, 0.05) is 25.7 Å². The van der Waals surface area contributed by atoms with Crippen LogP contribution in [-0.2, 0) is 26.2 Å². The van der Waals surface area contributed by atoms with Crippen molar-refractivity contribution in [1.29, 1.82) is 5.26 Å². The van der Waals surface area contributed by atoms with Crippen LogP contribution >= 0.6 is 35.3 Å². The van der Waals surface area contributed by atoms with Gasteiger partial charge in [-0.1, -0.05) is 11.8 Å². The fraction of sp³-hybridized carbons (Fsp3) is 0.533. The average Bonchev–Trinajstić information content (AvgIpc) is 3.14. The lowest BCUT2D eigenvalue weighted by Gasteiger charge is -2.55. The second-order valence-corrected chi connectivity index (χ2v) is 9.11. The number of fused-ring (bicyclic) bond motifs is 1. The zero-order chi connectivity index (χ0) is 21.9. The zero-order valence-electron chi connectivity index (χ0n) is 15.9. The summed E-state index contributed by atoms with van der Waals surface area (Å²) in [4.78, 5) is 38.2. The average molecular weight is 472 g/mol. The van der Waals surface area contributed by atoms with Gasteiger partial charge in [0.05, 0.1) is 17.6 Å². The fourth-order valence-electron chi connectivity index (χ4n) is 2.98. The second-order valence-electron chi connectivity index (χ2n) is 6.11. The SMILES string of the molecule is CO[C@]1(NC(=O)CSCC#N)C(=O)N2C(C(=O)O)=C(CSc3nnnn3C)CS[C@@H]21. The van der Waals surface area contributed by atoms with Crippen LogP contribution in [-0.4, -0.2) is 89.2 Å². The summed E-state index contributed by atoms with van der Waals surface area (Å²) < 4.78 is 6.83. The van der Waals surface area contributed by atoms with Crippen molar-refractivity contribution in [3.05, 3.63) is 11.3 Å². The maximum Gasteiger partial charge on any atom is 0.352 e. The number of hydrogen-bond donors (Lipinski definition) is 2. The Morgan fingerprint density at radius 1 is 1.53 bits per heavy atom. The van der Waals surface area contributed by atoms with Crippen LogP contribution in [0.4, 0.5) is 0 Å². The highest BCUT2D eigenvalue weighted by Gasteiger charge is 2.66. The lowest BCUT2D eigenvalue weighted by atomic mass is 9.98. The van der Waals surface area contributed by atoms with Crippen LogP contribution in [0.1, 0.15) is 0 Å².